The third-order valence-corrected chi connectivity index (χ3v) is 7.66. The third kappa shape index (κ3) is 3.70. The maximum atomic E-state index is 13.7. The Morgan fingerprint density at radius 1 is 1.13 bits per heavy atom. The smallest absolute Gasteiger partial charge is 0.259 e. The fourth-order valence-corrected chi connectivity index (χ4v) is 5.72. The molecule has 0 fully saturated rings. The molecule has 2 aliphatic rings. The van der Waals surface area contributed by atoms with Crippen LogP contribution >= 0.6 is 0 Å². The predicted molar refractivity (Wildman–Crippen MR) is 147 cm³/mol. The van der Waals surface area contributed by atoms with Crippen LogP contribution in [0.2, 0.25) is 0 Å². The normalized spacial score (nSPS) is 16.8. The number of nitrogens with zero attached hydrogens (tertiary/aromatic N) is 2. The summed E-state index contributed by atoms with van der Waals surface area (Å²) >= 11 is 0. The van der Waals surface area contributed by atoms with Gasteiger partial charge in [0, 0.05) is 54.0 Å². The van der Waals surface area contributed by atoms with E-state index in [1.165, 1.54) is 11.8 Å². The number of anilines is 1. The monoisotopic (exact) mass is 510 g/mol. The zero-order valence-electron chi connectivity index (χ0n) is 21.9. The van der Waals surface area contributed by atoms with Crippen LogP contribution in [0.3, 0.4) is 0 Å². The van der Waals surface area contributed by atoms with Crippen molar-refractivity contribution >= 4 is 39.3 Å². The summed E-state index contributed by atoms with van der Waals surface area (Å²) in [5, 5.41) is 5.30. The van der Waals surface area contributed by atoms with E-state index in [1.54, 1.807) is 13.2 Å². The Balaban J connectivity index is 1.63. The molecule has 2 N–H and O–H groups in total. The van der Waals surface area contributed by atoms with Crippen molar-refractivity contribution < 1.29 is 14.3 Å². The lowest BCUT2D eigenvalue weighted by atomic mass is 9.84. The molecule has 194 valence electrons. The molecular weight excluding hydrogens is 480 g/mol. The number of aromatic nitrogens is 2. The summed E-state index contributed by atoms with van der Waals surface area (Å²) in [5.41, 5.74) is 4.75. The number of imide groups is 1. The van der Waals surface area contributed by atoms with Crippen molar-refractivity contribution in [2.24, 2.45) is 5.92 Å². The lowest BCUT2D eigenvalue weighted by Gasteiger charge is -2.19. The number of carbonyl (C=O) groups is 2. The van der Waals surface area contributed by atoms with Crippen molar-refractivity contribution in [2.75, 3.05) is 19.0 Å². The Bertz CT molecular complexity index is 1730. The predicted octanol–water partition coefficient (Wildman–Crippen LogP) is 4.74. The quantitative estimate of drug-likeness (QED) is 0.404. The minimum Gasteiger partial charge on any atom is -0.497 e. The van der Waals surface area contributed by atoms with E-state index >= 15 is 0 Å². The molecule has 0 saturated carbocycles. The number of amides is 2. The maximum Gasteiger partial charge on any atom is 0.259 e. The Kier molecular flexibility index (Phi) is 5.63. The summed E-state index contributed by atoms with van der Waals surface area (Å²) in [7, 11) is 1.58. The van der Waals surface area contributed by atoms with Gasteiger partial charge in [0.25, 0.3) is 11.5 Å². The zero-order chi connectivity index (χ0) is 26.7. The van der Waals surface area contributed by atoms with Crippen molar-refractivity contribution in [1.82, 2.24) is 14.5 Å². The second-order valence-corrected chi connectivity index (χ2v) is 10.5. The Hall–Kier alpha value is -4.33. The van der Waals surface area contributed by atoms with Gasteiger partial charge in [0.1, 0.15) is 5.75 Å². The number of methoxy groups -OCH3 is 1. The van der Waals surface area contributed by atoms with Gasteiger partial charge in [-0.25, -0.2) is 0 Å². The number of ether oxygens (including phenoxy) is 1. The summed E-state index contributed by atoms with van der Waals surface area (Å²) in [4.78, 5) is 44.0. The molecule has 0 radical (unpaired) electrons. The second-order valence-electron chi connectivity index (χ2n) is 10.5. The highest BCUT2D eigenvalue weighted by Crippen LogP contribution is 2.46. The average molecular weight is 511 g/mol. The van der Waals surface area contributed by atoms with Crippen LogP contribution in [-0.2, 0) is 16.1 Å². The molecule has 0 saturated heterocycles. The number of H-pyrrole nitrogens is 1. The number of benzene rings is 2. The van der Waals surface area contributed by atoms with Gasteiger partial charge < -0.3 is 19.6 Å². The first-order valence-electron chi connectivity index (χ1n) is 12.9. The summed E-state index contributed by atoms with van der Waals surface area (Å²) in [5.74, 6) is -0.163. The number of hydrogen-bond acceptors (Lipinski definition) is 5. The Morgan fingerprint density at radius 2 is 1.95 bits per heavy atom. The summed E-state index contributed by atoms with van der Waals surface area (Å²) < 4.78 is 7.55. The van der Waals surface area contributed by atoms with Crippen LogP contribution in [0.4, 0.5) is 5.69 Å². The molecule has 1 atom stereocenters. The molecule has 0 bridgehead atoms. The van der Waals surface area contributed by atoms with Gasteiger partial charge >= 0.3 is 0 Å². The van der Waals surface area contributed by atoms with Gasteiger partial charge in [0.05, 0.1) is 30.3 Å². The fourth-order valence-electron chi connectivity index (χ4n) is 5.72. The van der Waals surface area contributed by atoms with E-state index in [0.717, 1.165) is 40.5 Å². The molecule has 4 aromatic rings. The minimum atomic E-state index is -0.643. The largest absolute Gasteiger partial charge is 0.497 e. The fraction of sp³-hybridized carbons (Fsp3) is 0.300. The van der Waals surface area contributed by atoms with Gasteiger partial charge in [0.15, 0.2) is 0 Å². The molecule has 0 spiro atoms. The first kappa shape index (κ1) is 24.0. The van der Waals surface area contributed by atoms with Crippen LogP contribution in [-0.4, -0.2) is 39.9 Å². The van der Waals surface area contributed by atoms with Crippen molar-refractivity contribution in [2.45, 2.75) is 39.7 Å². The molecule has 8 heteroatoms. The number of hydrogen-bond donors (Lipinski definition) is 2. The lowest BCUT2D eigenvalue weighted by Crippen LogP contribution is -2.33. The Labute approximate surface area is 219 Å². The number of carbonyl (C=O) groups excluding carboxylic acids is 2. The molecule has 0 aliphatic carbocycles. The molecule has 2 aliphatic heterocycles. The maximum absolute atomic E-state index is 13.7. The first-order valence-corrected chi connectivity index (χ1v) is 12.9. The summed E-state index contributed by atoms with van der Waals surface area (Å²) in [6, 6.07) is 13.5. The van der Waals surface area contributed by atoms with Crippen LogP contribution in [0.5, 0.6) is 5.75 Å². The van der Waals surface area contributed by atoms with E-state index in [0.29, 0.717) is 34.0 Å². The molecule has 4 heterocycles. The SMILES string of the molecule is COc1ccc2cc([C@H]3C4=C(CN(C(C)=O)C4=O)Nc4cccc5c4c3cn5CCC(C)C)c(=O)[nH]c2c1. The minimum absolute atomic E-state index is 0.150. The van der Waals surface area contributed by atoms with Gasteiger partial charge in [-0.05, 0) is 53.6 Å². The van der Waals surface area contributed by atoms with E-state index in [-0.39, 0.29) is 23.9 Å². The molecule has 0 unspecified atom stereocenters. The van der Waals surface area contributed by atoms with E-state index in [2.05, 4.69) is 41.0 Å². The zero-order valence-corrected chi connectivity index (χ0v) is 21.9. The van der Waals surface area contributed by atoms with E-state index in [9.17, 15) is 14.4 Å². The molecule has 2 aromatic heterocycles. The van der Waals surface area contributed by atoms with Crippen LogP contribution in [0.1, 0.15) is 44.2 Å². The highest BCUT2D eigenvalue weighted by Gasteiger charge is 2.42. The van der Waals surface area contributed by atoms with Crippen LogP contribution in [0.25, 0.3) is 21.8 Å². The molecule has 38 heavy (non-hydrogen) atoms. The first-order chi connectivity index (χ1) is 18.3. The van der Waals surface area contributed by atoms with Crippen LogP contribution in [0, 0.1) is 5.92 Å². The second kappa shape index (κ2) is 8.90. The molecule has 2 amide bonds. The molecule has 8 nitrogen and oxygen atoms in total. The Morgan fingerprint density at radius 3 is 2.68 bits per heavy atom. The average Bonchev–Trinajstić information content (AvgIpc) is 3.37. The number of aryl methyl sites for hydroxylation is 1. The topological polar surface area (TPSA) is 96.4 Å². The van der Waals surface area contributed by atoms with Crippen LogP contribution < -0.4 is 15.6 Å². The van der Waals surface area contributed by atoms with Crippen molar-refractivity contribution in [1.29, 1.82) is 0 Å². The number of nitrogens with one attached hydrogen (secondary N) is 2. The molecule has 6 rings (SSSR count). The summed E-state index contributed by atoms with van der Waals surface area (Å²) in [6.45, 7) is 6.75. The highest BCUT2D eigenvalue weighted by atomic mass is 16.5. The molecule has 2 aromatic carbocycles. The van der Waals surface area contributed by atoms with E-state index < -0.39 is 5.92 Å². The number of pyridine rings is 1. The number of rotatable bonds is 5. The lowest BCUT2D eigenvalue weighted by molar-refractivity contribution is -0.139. The number of aromatic amines is 1. The van der Waals surface area contributed by atoms with Gasteiger partial charge in [-0.15, -0.1) is 0 Å². The molecular formula is C30H30N4O4. The van der Waals surface area contributed by atoms with Gasteiger partial charge in [0.2, 0.25) is 5.91 Å². The van der Waals surface area contributed by atoms with E-state index in [1.807, 2.05) is 30.3 Å². The summed E-state index contributed by atoms with van der Waals surface area (Å²) in [6.07, 6.45) is 3.08. The van der Waals surface area contributed by atoms with Gasteiger partial charge in [-0.1, -0.05) is 19.9 Å². The van der Waals surface area contributed by atoms with Gasteiger partial charge in [-0.2, -0.15) is 0 Å². The number of fused-ring (bicyclic) bond motifs is 1. The highest BCUT2D eigenvalue weighted by molar-refractivity contribution is 6.11. The van der Waals surface area contributed by atoms with E-state index in [4.69, 9.17) is 4.74 Å². The van der Waals surface area contributed by atoms with Gasteiger partial charge in [-0.3, -0.25) is 19.3 Å². The van der Waals surface area contributed by atoms with Crippen molar-refractivity contribution in [3.05, 3.63) is 81.4 Å². The van der Waals surface area contributed by atoms with Crippen molar-refractivity contribution in [3.8, 4) is 5.75 Å². The third-order valence-electron chi connectivity index (χ3n) is 7.66. The van der Waals surface area contributed by atoms with Crippen molar-refractivity contribution in [3.63, 3.8) is 0 Å². The van der Waals surface area contributed by atoms with Crippen LogP contribution in [0.15, 0.2) is 64.7 Å². The standard InChI is InChI=1S/C30H30N4O4/c1-16(2)10-11-33-14-21-26(20-12-18-8-9-19(38-4)13-23(18)32-29(20)36)28-24(15-34(17(3)35)30(28)37)31-22-6-5-7-25(33)27(21)22/h5-9,12-14,16,26,31H,10-11,15H2,1-4H3,(H,32,36)/t26-/m1/s1.